The van der Waals surface area contributed by atoms with E-state index in [2.05, 4.69) is 49.5 Å². The summed E-state index contributed by atoms with van der Waals surface area (Å²) in [6.07, 6.45) is 13.2. The van der Waals surface area contributed by atoms with Gasteiger partial charge in [0.2, 0.25) is 11.8 Å². The Kier molecular flexibility index (Phi) is 13.3. The Morgan fingerprint density at radius 3 is 2.33 bits per heavy atom. The molecule has 0 atom stereocenters. The molecule has 1 aliphatic carbocycles. The zero-order valence-electron chi connectivity index (χ0n) is 39.9. The van der Waals surface area contributed by atoms with Crippen LogP contribution in [0.5, 0.6) is 0 Å². The predicted molar refractivity (Wildman–Crippen MR) is 268 cm³/mol. The van der Waals surface area contributed by atoms with Crippen LogP contribution < -0.4 is 15.1 Å². The van der Waals surface area contributed by atoms with Gasteiger partial charge in [0.1, 0.15) is 5.69 Å². The Balaban J connectivity index is 0.757. The molecule has 3 saturated heterocycles. The lowest BCUT2D eigenvalue weighted by atomic mass is 9.66. The number of urea groups is 1. The molecule has 10 rings (SSSR count). The van der Waals surface area contributed by atoms with Crippen LogP contribution in [0.1, 0.15) is 84.2 Å². The zero-order valence-corrected chi connectivity index (χ0v) is 40.6. The Hall–Kier alpha value is -6.52. The highest BCUT2D eigenvalue weighted by Crippen LogP contribution is 2.46. The summed E-state index contributed by atoms with van der Waals surface area (Å²) in [5.74, 6) is -1.08. The number of amides is 6. The molecule has 6 amide bonds. The van der Waals surface area contributed by atoms with E-state index in [0.29, 0.717) is 84.5 Å². The van der Waals surface area contributed by atoms with E-state index in [4.69, 9.17) is 11.6 Å². The van der Waals surface area contributed by atoms with Crippen LogP contribution in [0.25, 0.3) is 27.6 Å². The van der Waals surface area contributed by atoms with Crippen LogP contribution in [-0.2, 0) is 16.1 Å². The first kappa shape index (κ1) is 47.2. The Labute approximate surface area is 412 Å². The fourth-order valence-electron chi connectivity index (χ4n) is 11.3. The molecule has 15 nitrogen and oxygen atoms in total. The average Bonchev–Trinajstić information content (AvgIpc) is 4.08. The number of aromatic nitrogens is 3. The lowest BCUT2D eigenvalue weighted by Crippen LogP contribution is -2.52. The van der Waals surface area contributed by atoms with Crippen molar-refractivity contribution < 1.29 is 28.4 Å². The maximum atomic E-state index is 16.7. The van der Waals surface area contributed by atoms with Crippen molar-refractivity contribution in [3.63, 3.8) is 0 Å². The minimum atomic E-state index is -0.532. The van der Waals surface area contributed by atoms with E-state index in [1.54, 1.807) is 54.1 Å². The number of aryl methyl sites for hydroxylation is 1. The monoisotopic (exact) mass is 970 g/mol. The van der Waals surface area contributed by atoms with Crippen molar-refractivity contribution in [1.82, 2.24) is 39.7 Å². The van der Waals surface area contributed by atoms with Gasteiger partial charge in [-0.1, -0.05) is 29.8 Å². The highest BCUT2D eigenvalue weighted by Gasteiger charge is 2.41. The first-order valence-electron chi connectivity index (χ1n) is 24.6. The lowest BCUT2D eigenvalue weighted by Gasteiger charge is -2.49. The van der Waals surface area contributed by atoms with Crippen LogP contribution in [0.15, 0.2) is 79.1 Å². The fourth-order valence-corrected chi connectivity index (χ4v) is 11.6. The number of piperidine rings is 1. The number of rotatable bonds is 10. The van der Waals surface area contributed by atoms with Gasteiger partial charge in [-0.15, -0.1) is 0 Å². The number of fused-ring (bicyclic) bond motifs is 1. The van der Waals surface area contributed by atoms with E-state index in [1.807, 2.05) is 29.3 Å². The highest BCUT2D eigenvalue weighted by atomic mass is 35.5. The molecule has 70 heavy (non-hydrogen) atoms. The second-order valence-electron chi connectivity index (χ2n) is 19.8. The SMILES string of the molecule is CN(C)C(=O)c1cc2c(-c3ccc(N4CCN(C5CCC6(CC5)CCN(C(=O)c5ccc(Cl)c(N7CCC(=O)NC7=O)c5)CC6)CC4)cc3)cc(C3=CCCN(C(=O)CCn4cccn4)C3)c(F)c2[nH]1. The van der Waals surface area contributed by atoms with Gasteiger partial charge in [0, 0.05) is 133 Å². The number of carbonyl (C=O) groups excluding carboxylic acids is 5. The second-order valence-corrected chi connectivity index (χ2v) is 20.2. The molecule has 0 bridgehead atoms. The third kappa shape index (κ3) is 9.55. The highest BCUT2D eigenvalue weighted by molar-refractivity contribution is 6.34. The Morgan fingerprint density at radius 1 is 0.871 bits per heavy atom. The van der Waals surface area contributed by atoms with Crippen molar-refractivity contribution in [3.05, 3.63) is 107 Å². The van der Waals surface area contributed by atoms with Crippen molar-refractivity contribution in [2.75, 3.05) is 82.8 Å². The van der Waals surface area contributed by atoms with Gasteiger partial charge < -0.3 is 24.6 Å². The number of nitrogens with zero attached hydrogens (tertiary/aromatic N) is 8. The number of benzene rings is 3. The Morgan fingerprint density at radius 2 is 1.63 bits per heavy atom. The summed E-state index contributed by atoms with van der Waals surface area (Å²) >= 11 is 6.46. The first-order chi connectivity index (χ1) is 33.8. The number of piperazine rings is 1. The van der Waals surface area contributed by atoms with Gasteiger partial charge in [-0.25, -0.2) is 9.18 Å². The van der Waals surface area contributed by atoms with Crippen LogP contribution in [0, 0.1) is 11.2 Å². The number of anilines is 2. The molecule has 5 aromatic rings. The van der Waals surface area contributed by atoms with E-state index in [0.717, 1.165) is 87.1 Å². The van der Waals surface area contributed by atoms with Crippen LogP contribution in [0.4, 0.5) is 20.6 Å². The maximum Gasteiger partial charge on any atom is 0.328 e. The molecule has 17 heteroatoms. The summed E-state index contributed by atoms with van der Waals surface area (Å²) in [7, 11) is 3.35. The summed E-state index contributed by atoms with van der Waals surface area (Å²) in [6.45, 7) is 6.72. The molecule has 6 heterocycles. The van der Waals surface area contributed by atoms with Crippen molar-refractivity contribution >= 4 is 69.1 Å². The number of H-pyrrole nitrogens is 1. The third-order valence-corrected chi connectivity index (χ3v) is 15.8. The van der Waals surface area contributed by atoms with Crippen molar-refractivity contribution in [2.45, 2.75) is 70.4 Å². The summed E-state index contributed by atoms with van der Waals surface area (Å²) in [4.78, 5) is 79.2. The van der Waals surface area contributed by atoms with Gasteiger partial charge in [-0.05, 0) is 116 Å². The molecule has 3 aromatic carbocycles. The number of imide groups is 1. The van der Waals surface area contributed by atoms with E-state index < -0.39 is 11.8 Å². The smallest absolute Gasteiger partial charge is 0.328 e. The van der Waals surface area contributed by atoms with E-state index in [9.17, 15) is 24.0 Å². The average molecular weight is 972 g/mol. The molecule has 4 aliphatic heterocycles. The largest absolute Gasteiger partial charge is 0.369 e. The molecule has 2 N–H and O–H groups in total. The lowest BCUT2D eigenvalue weighted by molar-refractivity contribution is -0.131. The topological polar surface area (TPSA) is 150 Å². The van der Waals surface area contributed by atoms with Crippen molar-refractivity contribution in [1.29, 1.82) is 0 Å². The van der Waals surface area contributed by atoms with Crippen molar-refractivity contribution in [3.8, 4) is 11.1 Å². The van der Waals surface area contributed by atoms with E-state index in [-0.39, 0.29) is 47.5 Å². The summed E-state index contributed by atoms with van der Waals surface area (Å²) in [6, 6.07) is 19.0. The fraction of sp³-hybridized carbons (Fsp3) is 0.434. The molecule has 1 spiro atoms. The van der Waals surface area contributed by atoms with Gasteiger partial charge >= 0.3 is 6.03 Å². The second kappa shape index (κ2) is 19.7. The number of carbonyl (C=O) groups is 5. The maximum absolute atomic E-state index is 16.7. The minimum Gasteiger partial charge on any atom is -0.369 e. The summed E-state index contributed by atoms with van der Waals surface area (Å²) < 4.78 is 18.4. The quantitative estimate of drug-likeness (QED) is 0.145. The minimum absolute atomic E-state index is 0.00517. The molecular formula is C53H60ClFN10O5. The van der Waals surface area contributed by atoms with Crippen LogP contribution in [-0.4, -0.2) is 143 Å². The normalized spacial score (nSPS) is 19.2. The number of halogens is 2. The zero-order chi connectivity index (χ0) is 48.7. The number of hydrogen-bond acceptors (Lipinski definition) is 8. The van der Waals surface area contributed by atoms with Crippen molar-refractivity contribution in [2.24, 2.45) is 5.41 Å². The molecular weight excluding hydrogens is 911 g/mol. The number of likely N-dealkylation sites (tertiary alicyclic amines) is 1. The molecule has 2 aromatic heterocycles. The van der Waals surface area contributed by atoms with Crippen LogP contribution in [0.3, 0.4) is 0 Å². The Bertz CT molecular complexity index is 2840. The molecule has 5 aliphatic rings. The predicted octanol–water partition coefficient (Wildman–Crippen LogP) is 7.67. The molecule has 1 saturated carbocycles. The summed E-state index contributed by atoms with van der Waals surface area (Å²) in [5.41, 5.74) is 5.76. The molecule has 366 valence electrons. The molecule has 4 fully saturated rings. The third-order valence-electron chi connectivity index (χ3n) is 15.5. The van der Waals surface area contributed by atoms with Gasteiger partial charge in [-0.3, -0.25) is 39.0 Å². The van der Waals surface area contributed by atoms with Gasteiger partial charge in [0.15, 0.2) is 5.82 Å². The van der Waals surface area contributed by atoms with Crippen LogP contribution in [0.2, 0.25) is 5.02 Å². The van der Waals surface area contributed by atoms with E-state index in [1.165, 1.54) is 9.80 Å². The van der Waals surface area contributed by atoms with Gasteiger partial charge in [0.05, 0.1) is 16.2 Å². The number of aromatic amines is 1. The van der Waals surface area contributed by atoms with Crippen LogP contribution >= 0.6 is 11.6 Å². The number of nitrogens with one attached hydrogen (secondary N) is 2. The number of hydrogen-bond donors (Lipinski definition) is 2. The summed E-state index contributed by atoms with van der Waals surface area (Å²) in [5, 5.41) is 7.53. The van der Waals surface area contributed by atoms with E-state index >= 15 is 4.39 Å². The molecule has 0 unspecified atom stereocenters. The first-order valence-corrected chi connectivity index (χ1v) is 25.0. The van der Waals surface area contributed by atoms with Gasteiger partial charge in [-0.2, -0.15) is 5.10 Å². The van der Waals surface area contributed by atoms with Gasteiger partial charge in [0.25, 0.3) is 11.8 Å². The molecule has 0 radical (unpaired) electrons. The standard InChI is InChI=1S/C53H60ClFN10O5/c1-59(2)51(69)44-33-42-40(32-41(48(55)49(42)57-44)37-5-3-21-63(34-37)47(67)15-23-64-22-4-20-56-64)35-6-9-38(10-7-35)60-27-29-61(30-28-60)39-12-16-53(17-13-39)18-25-62(26-19-53)50(68)36-8-11-43(54)45(31-36)65-24-14-46(66)58-52(65)70/h4-11,20,22,31-33,39,57H,3,12-19,21,23-30,34H2,1-2H3,(H,58,66,70).